The second-order valence-electron chi connectivity index (χ2n) is 6.24. The minimum Gasteiger partial charge on any atom is -0.493 e. The zero-order valence-corrected chi connectivity index (χ0v) is 17.5. The number of rotatable bonds is 6. The number of carbonyl (C=O) groups excluding carboxylic acids is 1. The number of ether oxygens (including phenoxy) is 2. The third kappa shape index (κ3) is 4.51. The molecule has 160 valence electrons. The summed E-state index contributed by atoms with van der Waals surface area (Å²) in [5.74, 6) is -0.944. The molecule has 0 saturated carbocycles. The summed E-state index contributed by atoms with van der Waals surface area (Å²) in [7, 11) is 4.31. The number of hydrogen-bond acceptors (Lipinski definition) is 8. The number of carboxylic acids is 1. The molecule has 1 amide bonds. The minimum atomic E-state index is -1.05. The highest BCUT2D eigenvalue weighted by Crippen LogP contribution is 2.39. The monoisotopic (exact) mass is 443 g/mol. The standard InChI is InChI=1S/C20H17N3O7S/c1-22-18(24)17(31-20(22)21-13-6-4-11(5-7-13)19(25)26)9-12-8-15(29-2)16(30-3)10-14(12)23(27)28/h4-10H,1-3H3,(H,25,26). The van der Waals surface area contributed by atoms with Crippen LogP contribution < -0.4 is 9.47 Å². The minimum absolute atomic E-state index is 0.119. The van der Waals surface area contributed by atoms with E-state index >= 15 is 0 Å². The molecule has 0 aliphatic carbocycles. The summed E-state index contributed by atoms with van der Waals surface area (Å²) in [6, 6.07) is 8.53. The Morgan fingerprint density at radius 3 is 2.35 bits per heavy atom. The summed E-state index contributed by atoms with van der Waals surface area (Å²) < 4.78 is 10.3. The van der Waals surface area contributed by atoms with Gasteiger partial charge >= 0.3 is 5.97 Å². The molecule has 10 nitrogen and oxygen atoms in total. The Bertz CT molecular complexity index is 1130. The van der Waals surface area contributed by atoms with Gasteiger partial charge in [-0.05, 0) is 48.2 Å². The third-order valence-electron chi connectivity index (χ3n) is 4.36. The highest BCUT2D eigenvalue weighted by molar-refractivity contribution is 8.18. The molecule has 0 radical (unpaired) electrons. The van der Waals surface area contributed by atoms with Crippen LogP contribution in [0.15, 0.2) is 46.3 Å². The molecule has 11 heteroatoms. The molecule has 0 unspecified atom stereocenters. The highest BCUT2D eigenvalue weighted by Gasteiger charge is 2.31. The van der Waals surface area contributed by atoms with Gasteiger partial charge < -0.3 is 14.6 Å². The predicted octanol–water partition coefficient (Wildman–Crippen LogP) is 3.54. The lowest BCUT2D eigenvalue weighted by Gasteiger charge is -2.09. The number of thioether (sulfide) groups is 1. The molecule has 31 heavy (non-hydrogen) atoms. The number of carbonyl (C=O) groups is 2. The zero-order chi connectivity index (χ0) is 22.7. The van der Waals surface area contributed by atoms with Gasteiger partial charge in [0.25, 0.3) is 11.6 Å². The van der Waals surface area contributed by atoms with Gasteiger partial charge in [0, 0.05) is 7.05 Å². The first kappa shape index (κ1) is 21.8. The van der Waals surface area contributed by atoms with Gasteiger partial charge in [0.1, 0.15) is 0 Å². The van der Waals surface area contributed by atoms with Crippen LogP contribution in [0.3, 0.4) is 0 Å². The fourth-order valence-electron chi connectivity index (χ4n) is 2.74. The van der Waals surface area contributed by atoms with E-state index in [4.69, 9.17) is 14.6 Å². The van der Waals surface area contributed by atoms with Gasteiger partial charge in [-0.2, -0.15) is 0 Å². The number of likely N-dealkylation sites (N-methyl/N-ethyl adjacent to an activating group) is 1. The van der Waals surface area contributed by atoms with E-state index in [1.807, 2.05) is 0 Å². The van der Waals surface area contributed by atoms with Crippen molar-refractivity contribution in [3.05, 3.63) is 62.5 Å². The molecule has 0 aromatic heterocycles. The van der Waals surface area contributed by atoms with Crippen molar-refractivity contribution in [2.75, 3.05) is 21.3 Å². The second kappa shape index (κ2) is 8.88. The third-order valence-corrected chi connectivity index (χ3v) is 5.42. The Labute approximate surface area is 180 Å². The van der Waals surface area contributed by atoms with E-state index in [9.17, 15) is 19.7 Å². The molecule has 1 fully saturated rings. The van der Waals surface area contributed by atoms with E-state index in [2.05, 4.69) is 4.99 Å². The first-order valence-corrected chi connectivity index (χ1v) is 9.57. The Balaban J connectivity index is 1.98. The van der Waals surface area contributed by atoms with Crippen LogP contribution in [0, 0.1) is 10.1 Å². The summed E-state index contributed by atoms with van der Waals surface area (Å²) in [5.41, 5.74) is 0.522. The number of nitro groups is 1. The molecule has 1 heterocycles. The van der Waals surface area contributed by atoms with Crippen molar-refractivity contribution in [1.29, 1.82) is 0 Å². The molecule has 1 N–H and O–H groups in total. The zero-order valence-electron chi connectivity index (χ0n) is 16.7. The summed E-state index contributed by atoms with van der Waals surface area (Å²) in [6.07, 6.45) is 1.40. The van der Waals surface area contributed by atoms with E-state index in [0.29, 0.717) is 10.9 Å². The topological polar surface area (TPSA) is 132 Å². The molecule has 2 aromatic rings. The largest absolute Gasteiger partial charge is 0.493 e. The maximum atomic E-state index is 12.7. The maximum absolute atomic E-state index is 12.7. The first-order valence-electron chi connectivity index (χ1n) is 8.75. The number of aliphatic imine (C=N–C) groups is 1. The molecule has 1 saturated heterocycles. The Kier molecular flexibility index (Phi) is 6.25. The number of amidine groups is 1. The van der Waals surface area contributed by atoms with Crippen LogP contribution in [-0.4, -0.2) is 53.2 Å². The van der Waals surface area contributed by atoms with Crippen molar-refractivity contribution in [1.82, 2.24) is 4.90 Å². The second-order valence-corrected chi connectivity index (χ2v) is 7.25. The van der Waals surface area contributed by atoms with E-state index in [1.165, 1.54) is 68.6 Å². The Hall–Kier alpha value is -3.86. The van der Waals surface area contributed by atoms with Gasteiger partial charge in [0.05, 0.1) is 46.9 Å². The number of aromatic carboxylic acids is 1. The molecule has 0 bridgehead atoms. The SMILES string of the molecule is COc1cc(C=C2SC(=Nc3ccc(C(=O)O)cc3)N(C)C2=O)c([N+](=O)[O-])cc1OC. The van der Waals surface area contributed by atoms with Crippen molar-refractivity contribution in [2.24, 2.45) is 4.99 Å². The number of nitrogens with zero attached hydrogens (tertiary/aromatic N) is 3. The van der Waals surface area contributed by atoms with Gasteiger partial charge in [-0.3, -0.25) is 19.8 Å². The van der Waals surface area contributed by atoms with Gasteiger partial charge in [0.15, 0.2) is 16.7 Å². The summed E-state index contributed by atoms with van der Waals surface area (Å²) in [4.78, 5) is 40.5. The molecule has 0 atom stereocenters. The lowest BCUT2D eigenvalue weighted by atomic mass is 10.1. The average Bonchev–Trinajstić information content (AvgIpc) is 3.01. The number of amides is 1. The van der Waals surface area contributed by atoms with E-state index < -0.39 is 10.9 Å². The summed E-state index contributed by atoms with van der Waals surface area (Å²) >= 11 is 1.05. The van der Waals surface area contributed by atoms with Gasteiger partial charge in [-0.25, -0.2) is 9.79 Å². The molecule has 0 spiro atoms. The van der Waals surface area contributed by atoms with E-state index in [0.717, 1.165) is 11.8 Å². The smallest absolute Gasteiger partial charge is 0.335 e. The Morgan fingerprint density at radius 2 is 1.81 bits per heavy atom. The van der Waals surface area contributed by atoms with E-state index in [-0.39, 0.29) is 39.1 Å². The van der Waals surface area contributed by atoms with Crippen LogP contribution in [0.25, 0.3) is 6.08 Å². The first-order chi connectivity index (χ1) is 14.7. The van der Waals surface area contributed by atoms with Crippen LogP contribution in [-0.2, 0) is 4.79 Å². The molecular weight excluding hydrogens is 426 g/mol. The van der Waals surface area contributed by atoms with Crippen LogP contribution in [0.2, 0.25) is 0 Å². The lowest BCUT2D eigenvalue weighted by Crippen LogP contribution is -2.23. The van der Waals surface area contributed by atoms with Crippen molar-refractivity contribution < 1.29 is 29.1 Å². The van der Waals surface area contributed by atoms with Crippen LogP contribution in [0.1, 0.15) is 15.9 Å². The van der Waals surface area contributed by atoms with Crippen LogP contribution >= 0.6 is 11.8 Å². The summed E-state index contributed by atoms with van der Waals surface area (Å²) in [5, 5.41) is 20.8. The van der Waals surface area contributed by atoms with E-state index in [1.54, 1.807) is 0 Å². The summed E-state index contributed by atoms with van der Waals surface area (Å²) in [6.45, 7) is 0. The number of hydrogen-bond donors (Lipinski definition) is 1. The van der Waals surface area contributed by atoms with Gasteiger partial charge in [-0.1, -0.05) is 0 Å². The lowest BCUT2D eigenvalue weighted by molar-refractivity contribution is -0.385. The quantitative estimate of drug-likeness (QED) is 0.407. The van der Waals surface area contributed by atoms with Gasteiger partial charge in [-0.15, -0.1) is 0 Å². The molecule has 1 aliphatic rings. The van der Waals surface area contributed by atoms with Crippen LogP contribution in [0.5, 0.6) is 11.5 Å². The van der Waals surface area contributed by atoms with Crippen molar-refractivity contribution in [3.8, 4) is 11.5 Å². The molecular formula is C20H17N3O7S. The maximum Gasteiger partial charge on any atom is 0.335 e. The molecule has 3 rings (SSSR count). The molecule has 2 aromatic carbocycles. The number of nitro benzene ring substituents is 1. The normalized spacial score (nSPS) is 16.1. The number of benzene rings is 2. The number of carboxylic acid groups (broad SMARTS) is 1. The van der Waals surface area contributed by atoms with Gasteiger partial charge in [0.2, 0.25) is 0 Å². The fourth-order valence-corrected chi connectivity index (χ4v) is 3.72. The predicted molar refractivity (Wildman–Crippen MR) is 115 cm³/mol. The molecule has 1 aliphatic heterocycles. The number of methoxy groups -OCH3 is 2. The van der Waals surface area contributed by atoms with Crippen molar-refractivity contribution >= 4 is 46.3 Å². The van der Waals surface area contributed by atoms with Crippen LogP contribution in [0.4, 0.5) is 11.4 Å². The fraction of sp³-hybridized carbons (Fsp3) is 0.150. The Morgan fingerprint density at radius 1 is 1.19 bits per heavy atom. The van der Waals surface area contributed by atoms with Crippen molar-refractivity contribution in [3.63, 3.8) is 0 Å². The average molecular weight is 443 g/mol. The highest BCUT2D eigenvalue weighted by atomic mass is 32.2. The van der Waals surface area contributed by atoms with Crippen molar-refractivity contribution in [2.45, 2.75) is 0 Å².